The quantitative estimate of drug-likeness (QED) is 0.389. The minimum atomic E-state index is -4.84. The van der Waals surface area contributed by atoms with Crippen LogP contribution < -0.4 is 10.6 Å². The number of pyridine rings is 1. The van der Waals surface area contributed by atoms with Crippen LogP contribution in [0.25, 0.3) is 16.6 Å². The van der Waals surface area contributed by atoms with Gasteiger partial charge in [-0.1, -0.05) is 47.5 Å². The molecule has 0 aliphatic heterocycles. The summed E-state index contributed by atoms with van der Waals surface area (Å²) in [6, 6.07) is 11.8. The predicted octanol–water partition coefficient (Wildman–Crippen LogP) is 5.36. The Balaban J connectivity index is 1.87. The van der Waals surface area contributed by atoms with Gasteiger partial charge in [-0.15, -0.1) is 0 Å². The number of benzene rings is 2. The molecule has 0 saturated heterocycles. The maximum absolute atomic E-state index is 13.4. The molecule has 7 nitrogen and oxygen atoms in total. The Bertz CT molecular complexity index is 1440. The predicted molar refractivity (Wildman–Crippen MR) is 122 cm³/mol. The molecule has 2 aromatic carbocycles. The Hall–Kier alpha value is -3.63. The van der Waals surface area contributed by atoms with Crippen molar-refractivity contribution in [2.24, 2.45) is 0 Å². The molecule has 0 spiro atoms. The van der Waals surface area contributed by atoms with Crippen molar-refractivity contribution >= 4 is 51.5 Å². The van der Waals surface area contributed by atoms with Gasteiger partial charge in [0.15, 0.2) is 11.5 Å². The summed E-state index contributed by atoms with van der Waals surface area (Å²) < 4.78 is 40.9. The zero-order valence-corrected chi connectivity index (χ0v) is 18.8. The van der Waals surface area contributed by atoms with Gasteiger partial charge in [-0.25, -0.2) is 9.67 Å². The highest BCUT2D eigenvalue weighted by Crippen LogP contribution is 2.36. The zero-order valence-electron chi connectivity index (χ0n) is 17.2. The molecule has 2 aromatic heterocycles. The first-order valence-corrected chi connectivity index (χ1v) is 10.4. The number of halogens is 5. The average molecular weight is 508 g/mol. The van der Waals surface area contributed by atoms with Gasteiger partial charge in [0, 0.05) is 24.7 Å². The second-order valence-corrected chi connectivity index (χ2v) is 7.79. The van der Waals surface area contributed by atoms with Crippen LogP contribution in [0, 0.1) is 0 Å². The molecule has 2 amide bonds. The molecule has 4 rings (SSSR count). The Morgan fingerprint density at radius 3 is 2.44 bits per heavy atom. The average Bonchev–Trinajstić information content (AvgIpc) is 3.26. The van der Waals surface area contributed by atoms with Crippen LogP contribution in [-0.4, -0.2) is 33.6 Å². The number of nitrogens with one attached hydrogen (secondary N) is 2. The SMILES string of the molecule is CNC(=O)c1cc2ccccc2c(Cl)c1NC(=O)c1cc(C(F)(F)F)nn1-c1ncccc1Cl. The van der Waals surface area contributed by atoms with E-state index in [4.69, 9.17) is 23.2 Å². The third-order valence-corrected chi connectivity index (χ3v) is 5.56. The highest BCUT2D eigenvalue weighted by molar-refractivity contribution is 6.40. The van der Waals surface area contributed by atoms with E-state index in [9.17, 15) is 22.8 Å². The number of anilines is 1. The van der Waals surface area contributed by atoms with E-state index < -0.39 is 29.4 Å². The van der Waals surface area contributed by atoms with Gasteiger partial charge >= 0.3 is 6.18 Å². The Morgan fingerprint density at radius 1 is 1.03 bits per heavy atom. The minimum absolute atomic E-state index is 0.0249. The van der Waals surface area contributed by atoms with Crippen molar-refractivity contribution in [1.29, 1.82) is 0 Å². The monoisotopic (exact) mass is 507 g/mol. The molecule has 0 unspecified atom stereocenters. The molecule has 4 aromatic rings. The lowest BCUT2D eigenvalue weighted by Crippen LogP contribution is -2.23. The lowest BCUT2D eigenvalue weighted by molar-refractivity contribution is -0.141. The van der Waals surface area contributed by atoms with Crippen molar-refractivity contribution in [1.82, 2.24) is 20.1 Å². The first kappa shape index (κ1) is 23.5. The third kappa shape index (κ3) is 4.29. The largest absolute Gasteiger partial charge is 0.435 e. The fraction of sp³-hybridized carbons (Fsp3) is 0.0909. The van der Waals surface area contributed by atoms with Gasteiger partial charge in [-0.05, 0) is 23.6 Å². The van der Waals surface area contributed by atoms with Gasteiger partial charge in [0.25, 0.3) is 11.8 Å². The van der Waals surface area contributed by atoms with Crippen LogP contribution in [0.5, 0.6) is 0 Å². The van der Waals surface area contributed by atoms with Crippen LogP contribution in [0.3, 0.4) is 0 Å². The highest BCUT2D eigenvalue weighted by Gasteiger charge is 2.37. The molecule has 0 bridgehead atoms. The summed E-state index contributed by atoms with van der Waals surface area (Å²) in [7, 11) is 1.39. The zero-order chi connectivity index (χ0) is 24.6. The Morgan fingerprint density at radius 2 is 1.76 bits per heavy atom. The second kappa shape index (κ2) is 8.96. The molecule has 0 saturated carbocycles. The van der Waals surface area contributed by atoms with Crippen molar-refractivity contribution in [2.45, 2.75) is 6.18 Å². The standard InChI is InChI=1S/C22H14Cl2F3N5O2/c1-28-20(33)13-9-11-5-2-3-6-12(11)17(24)18(13)30-21(34)15-10-16(22(25,26)27)31-32(15)19-14(23)7-4-8-29-19/h2-10H,1H3,(H,28,33)(H,30,34). The van der Waals surface area contributed by atoms with E-state index in [0.717, 1.165) is 0 Å². The van der Waals surface area contributed by atoms with E-state index in [1.807, 2.05) is 0 Å². The Kier molecular flexibility index (Phi) is 6.20. The number of alkyl halides is 3. The summed E-state index contributed by atoms with van der Waals surface area (Å²) in [6.45, 7) is 0. The van der Waals surface area contributed by atoms with E-state index >= 15 is 0 Å². The van der Waals surface area contributed by atoms with Gasteiger partial charge in [0.05, 0.1) is 21.3 Å². The fourth-order valence-electron chi connectivity index (χ4n) is 3.29. The molecule has 0 aliphatic rings. The van der Waals surface area contributed by atoms with E-state index in [2.05, 4.69) is 20.7 Å². The maximum Gasteiger partial charge on any atom is 0.435 e. The maximum atomic E-state index is 13.4. The minimum Gasteiger partial charge on any atom is -0.355 e. The topological polar surface area (TPSA) is 88.9 Å². The summed E-state index contributed by atoms with van der Waals surface area (Å²) in [5.74, 6) is -1.74. The van der Waals surface area contributed by atoms with Crippen LogP contribution in [0.2, 0.25) is 10.0 Å². The highest BCUT2D eigenvalue weighted by atomic mass is 35.5. The van der Waals surface area contributed by atoms with E-state index in [0.29, 0.717) is 21.5 Å². The second-order valence-electron chi connectivity index (χ2n) is 7.00. The van der Waals surface area contributed by atoms with Crippen molar-refractivity contribution in [3.8, 4) is 5.82 Å². The number of aromatic nitrogens is 3. The number of hydrogen-bond donors (Lipinski definition) is 2. The van der Waals surface area contributed by atoms with Crippen molar-refractivity contribution in [2.75, 3.05) is 12.4 Å². The number of rotatable bonds is 4. The molecule has 34 heavy (non-hydrogen) atoms. The lowest BCUT2D eigenvalue weighted by Gasteiger charge is -2.15. The van der Waals surface area contributed by atoms with Crippen molar-refractivity contribution < 1.29 is 22.8 Å². The van der Waals surface area contributed by atoms with Gasteiger partial charge in [0.2, 0.25) is 0 Å². The summed E-state index contributed by atoms with van der Waals surface area (Å²) in [6.07, 6.45) is -3.54. The molecule has 0 aliphatic carbocycles. The van der Waals surface area contributed by atoms with E-state index in [1.54, 1.807) is 24.3 Å². The van der Waals surface area contributed by atoms with Crippen LogP contribution >= 0.6 is 23.2 Å². The smallest absolute Gasteiger partial charge is 0.355 e. The first-order chi connectivity index (χ1) is 16.1. The molecular weight excluding hydrogens is 494 g/mol. The number of amides is 2. The van der Waals surface area contributed by atoms with Gasteiger partial charge < -0.3 is 10.6 Å². The molecule has 0 atom stereocenters. The van der Waals surface area contributed by atoms with E-state index in [1.165, 1.54) is 31.4 Å². The van der Waals surface area contributed by atoms with Gasteiger partial charge in [-0.3, -0.25) is 9.59 Å². The molecular formula is C22H14Cl2F3N5O2. The van der Waals surface area contributed by atoms with Crippen LogP contribution in [-0.2, 0) is 6.18 Å². The van der Waals surface area contributed by atoms with Crippen LogP contribution in [0.4, 0.5) is 18.9 Å². The number of nitrogens with zero attached hydrogens (tertiary/aromatic N) is 3. The summed E-state index contributed by atoms with van der Waals surface area (Å²) in [5.41, 5.74) is -1.88. The molecule has 2 N–H and O–H groups in total. The van der Waals surface area contributed by atoms with Crippen LogP contribution in [0.1, 0.15) is 26.5 Å². The van der Waals surface area contributed by atoms with Crippen molar-refractivity contribution in [3.63, 3.8) is 0 Å². The number of hydrogen-bond acceptors (Lipinski definition) is 4. The Labute approximate surface area is 200 Å². The van der Waals surface area contributed by atoms with Crippen LogP contribution in [0.15, 0.2) is 54.7 Å². The van der Waals surface area contributed by atoms with E-state index in [-0.39, 0.29) is 27.1 Å². The third-order valence-electron chi connectivity index (χ3n) is 4.87. The normalized spacial score (nSPS) is 11.5. The van der Waals surface area contributed by atoms with Gasteiger partial charge in [-0.2, -0.15) is 18.3 Å². The molecule has 2 heterocycles. The summed E-state index contributed by atoms with van der Waals surface area (Å²) in [5, 5.41) is 9.60. The summed E-state index contributed by atoms with van der Waals surface area (Å²) in [4.78, 5) is 29.7. The molecule has 12 heteroatoms. The first-order valence-electron chi connectivity index (χ1n) is 9.64. The van der Waals surface area contributed by atoms with Crippen molar-refractivity contribution in [3.05, 3.63) is 81.7 Å². The molecule has 0 radical (unpaired) electrons. The fourth-order valence-corrected chi connectivity index (χ4v) is 3.82. The lowest BCUT2D eigenvalue weighted by atomic mass is 10.0. The number of carbonyl (C=O) groups excluding carboxylic acids is 2. The summed E-state index contributed by atoms with van der Waals surface area (Å²) >= 11 is 12.6. The number of fused-ring (bicyclic) bond motifs is 1. The molecule has 0 fully saturated rings. The number of carbonyl (C=O) groups is 2. The molecule has 174 valence electrons. The van der Waals surface area contributed by atoms with Gasteiger partial charge in [0.1, 0.15) is 5.69 Å².